The lowest BCUT2D eigenvalue weighted by atomic mass is 9.78. The topological polar surface area (TPSA) is 9.23 Å². The Labute approximate surface area is 239 Å². The third kappa shape index (κ3) is 8.00. The van der Waals surface area contributed by atoms with Gasteiger partial charge in [0.25, 0.3) is 0 Å². The largest absolute Gasteiger partial charge is 0.381 e. The summed E-state index contributed by atoms with van der Waals surface area (Å²) < 4.78 is 50.6. The first-order chi connectivity index (χ1) is 19.5. The van der Waals surface area contributed by atoms with Crippen LogP contribution in [0, 0.1) is 23.4 Å². The normalized spacial score (nSPS) is 17.3. The average molecular weight is 551 g/mol. The van der Waals surface area contributed by atoms with Gasteiger partial charge in [0.15, 0.2) is 11.6 Å². The van der Waals surface area contributed by atoms with Crippen molar-refractivity contribution in [3.63, 3.8) is 0 Å². The van der Waals surface area contributed by atoms with Crippen molar-refractivity contribution in [3.05, 3.63) is 83.2 Å². The molecule has 0 amide bonds. The van der Waals surface area contributed by atoms with Crippen LogP contribution < -0.4 is 0 Å². The molecule has 3 aromatic carbocycles. The molecule has 0 saturated heterocycles. The number of aryl methyl sites for hydroxylation is 1. The van der Waals surface area contributed by atoms with E-state index in [4.69, 9.17) is 4.74 Å². The fourth-order valence-corrected chi connectivity index (χ4v) is 6.08. The lowest BCUT2D eigenvalue weighted by molar-refractivity contribution is 0.0918. The van der Waals surface area contributed by atoms with E-state index in [-0.39, 0.29) is 17.3 Å². The van der Waals surface area contributed by atoms with Crippen LogP contribution in [0.5, 0.6) is 0 Å². The van der Waals surface area contributed by atoms with Crippen LogP contribution in [0.25, 0.3) is 22.3 Å². The van der Waals surface area contributed by atoms with Gasteiger partial charge in [-0.05, 0) is 91.2 Å². The Bertz CT molecular complexity index is 1200. The SMILES string of the molecule is CCCCCCCCCc1ccc(-c2ccc(-c3ccc(C4CCC(COCC)CC4)c(F)c3)cc2)c(F)c1F. The van der Waals surface area contributed by atoms with Gasteiger partial charge in [-0.25, -0.2) is 13.2 Å². The van der Waals surface area contributed by atoms with Gasteiger partial charge >= 0.3 is 0 Å². The summed E-state index contributed by atoms with van der Waals surface area (Å²) in [5.74, 6) is -0.867. The highest BCUT2D eigenvalue weighted by atomic mass is 19.2. The van der Waals surface area contributed by atoms with E-state index in [1.165, 1.54) is 25.7 Å². The van der Waals surface area contributed by atoms with Crippen molar-refractivity contribution in [2.75, 3.05) is 13.2 Å². The van der Waals surface area contributed by atoms with Gasteiger partial charge in [0, 0.05) is 18.8 Å². The number of benzene rings is 3. The maximum atomic E-state index is 15.2. The number of unbranched alkanes of at least 4 members (excludes halogenated alkanes) is 6. The van der Waals surface area contributed by atoms with Crippen molar-refractivity contribution >= 4 is 0 Å². The molecule has 0 radical (unpaired) electrons. The monoisotopic (exact) mass is 550 g/mol. The average Bonchev–Trinajstić information content (AvgIpc) is 2.98. The van der Waals surface area contributed by atoms with E-state index in [1.54, 1.807) is 30.3 Å². The summed E-state index contributed by atoms with van der Waals surface area (Å²) >= 11 is 0. The summed E-state index contributed by atoms with van der Waals surface area (Å²) in [7, 11) is 0. The number of hydrogen-bond acceptors (Lipinski definition) is 1. The molecule has 0 N–H and O–H groups in total. The predicted octanol–water partition coefficient (Wildman–Crippen LogP) is 11.0. The highest BCUT2D eigenvalue weighted by molar-refractivity contribution is 5.71. The van der Waals surface area contributed by atoms with Crippen LogP contribution in [0.4, 0.5) is 13.2 Å². The highest BCUT2D eigenvalue weighted by Gasteiger charge is 2.24. The van der Waals surface area contributed by atoms with Gasteiger partial charge in [-0.15, -0.1) is 0 Å². The molecule has 4 heteroatoms. The van der Waals surface area contributed by atoms with Gasteiger partial charge in [0.05, 0.1) is 0 Å². The maximum absolute atomic E-state index is 15.2. The fraction of sp³-hybridized carbons (Fsp3) is 0.500. The van der Waals surface area contributed by atoms with Crippen LogP contribution in [-0.2, 0) is 11.2 Å². The minimum absolute atomic E-state index is 0.167. The van der Waals surface area contributed by atoms with Crippen LogP contribution in [0.3, 0.4) is 0 Å². The molecule has 4 rings (SSSR count). The van der Waals surface area contributed by atoms with Crippen molar-refractivity contribution in [3.8, 4) is 22.3 Å². The third-order valence-electron chi connectivity index (χ3n) is 8.59. The van der Waals surface area contributed by atoms with E-state index in [2.05, 4.69) is 6.92 Å². The first kappa shape index (κ1) is 30.4. The van der Waals surface area contributed by atoms with Crippen molar-refractivity contribution in [2.45, 2.75) is 96.8 Å². The van der Waals surface area contributed by atoms with Crippen LogP contribution in [-0.4, -0.2) is 13.2 Å². The molecule has 0 atom stereocenters. The maximum Gasteiger partial charge on any atom is 0.166 e. The van der Waals surface area contributed by atoms with Gasteiger partial charge in [-0.2, -0.15) is 0 Å². The zero-order valence-electron chi connectivity index (χ0n) is 24.3. The summed E-state index contributed by atoms with van der Waals surface area (Å²) in [6.45, 7) is 5.77. The number of rotatable bonds is 14. The second-order valence-electron chi connectivity index (χ2n) is 11.5. The Kier molecular flexibility index (Phi) is 11.7. The lowest BCUT2D eigenvalue weighted by Crippen LogP contribution is -2.18. The summed E-state index contributed by atoms with van der Waals surface area (Å²) in [6.07, 6.45) is 12.7. The second kappa shape index (κ2) is 15.4. The Morgan fingerprint density at radius 1 is 0.675 bits per heavy atom. The number of hydrogen-bond donors (Lipinski definition) is 0. The Morgan fingerprint density at radius 2 is 1.32 bits per heavy atom. The molecule has 1 aliphatic carbocycles. The summed E-state index contributed by atoms with van der Waals surface area (Å²) in [6, 6.07) is 16.2. The zero-order chi connectivity index (χ0) is 28.3. The van der Waals surface area contributed by atoms with Gasteiger partial charge in [0.1, 0.15) is 5.82 Å². The molecule has 1 aliphatic rings. The first-order valence-electron chi connectivity index (χ1n) is 15.5. The minimum atomic E-state index is -0.792. The molecule has 0 heterocycles. The van der Waals surface area contributed by atoms with Crippen molar-refractivity contribution in [2.24, 2.45) is 5.92 Å². The Hall–Kier alpha value is -2.59. The second-order valence-corrected chi connectivity index (χ2v) is 11.5. The molecule has 3 aromatic rings. The van der Waals surface area contributed by atoms with Crippen LogP contribution >= 0.6 is 0 Å². The van der Waals surface area contributed by atoms with Crippen molar-refractivity contribution in [1.82, 2.24) is 0 Å². The first-order valence-corrected chi connectivity index (χ1v) is 15.5. The summed E-state index contributed by atoms with van der Waals surface area (Å²) in [5.41, 5.74) is 3.76. The molecule has 216 valence electrons. The van der Waals surface area contributed by atoms with E-state index in [0.717, 1.165) is 74.8 Å². The van der Waals surface area contributed by atoms with Crippen LogP contribution in [0.2, 0.25) is 0 Å². The van der Waals surface area contributed by atoms with Crippen molar-refractivity contribution in [1.29, 1.82) is 0 Å². The van der Waals surface area contributed by atoms with Crippen LogP contribution in [0.15, 0.2) is 54.6 Å². The summed E-state index contributed by atoms with van der Waals surface area (Å²) in [4.78, 5) is 0. The van der Waals surface area contributed by atoms with Gasteiger partial charge < -0.3 is 4.74 Å². The smallest absolute Gasteiger partial charge is 0.166 e. The molecule has 0 bridgehead atoms. The molecular weight excluding hydrogens is 505 g/mol. The van der Waals surface area contributed by atoms with E-state index in [9.17, 15) is 4.39 Å². The van der Waals surface area contributed by atoms with Crippen molar-refractivity contribution < 1.29 is 17.9 Å². The molecule has 0 aliphatic heterocycles. The van der Waals surface area contributed by atoms with Gasteiger partial charge in [0.2, 0.25) is 0 Å². The van der Waals surface area contributed by atoms with E-state index in [1.807, 2.05) is 31.2 Å². The minimum Gasteiger partial charge on any atom is -0.381 e. The van der Waals surface area contributed by atoms with Gasteiger partial charge in [-0.1, -0.05) is 94.0 Å². The summed E-state index contributed by atoms with van der Waals surface area (Å²) in [5, 5.41) is 0. The number of halogens is 3. The highest BCUT2D eigenvalue weighted by Crippen LogP contribution is 2.38. The zero-order valence-corrected chi connectivity index (χ0v) is 24.3. The molecular formula is C36H45F3O. The van der Waals surface area contributed by atoms with E-state index < -0.39 is 11.6 Å². The molecule has 1 nitrogen and oxygen atoms in total. The van der Waals surface area contributed by atoms with E-state index in [0.29, 0.717) is 23.5 Å². The molecule has 0 aromatic heterocycles. The quantitative estimate of drug-likeness (QED) is 0.181. The Balaban J connectivity index is 1.36. The third-order valence-corrected chi connectivity index (χ3v) is 8.59. The molecule has 0 spiro atoms. The fourth-order valence-electron chi connectivity index (χ4n) is 6.08. The number of ether oxygens (including phenoxy) is 1. The predicted molar refractivity (Wildman–Crippen MR) is 160 cm³/mol. The van der Waals surface area contributed by atoms with E-state index >= 15 is 8.78 Å². The molecule has 40 heavy (non-hydrogen) atoms. The van der Waals surface area contributed by atoms with Gasteiger partial charge in [-0.3, -0.25) is 0 Å². The molecule has 1 fully saturated rings. The Morgan fingerprint density at radius 3 is 2.00 bits per heavy atom. The molecule has 0 unspecified atom stereocenters. The lowest BCUT2D eigenvalue weighted by Gasteiger charge is -2.29. The standard InChI is InChI=1S/C36H45F3O/c1-3-5-6-7-8-9-10-11-30-20-23-33(36(39)35(30)38)29-18-16-27(17-19-29)31-21-22-32(34(37)24-31)28-14-12-26(13-15-28)25-40-4-2/h16-24,26,28H,3-15,25H2,1-2H3. The molecule has 1 saturated carbocycles. The van der Waals surface area contributed by atoms with Crippen LogP contribution in [0.1, 0.15) is 102 Å².